The molecule has 110 valence electrons. The van der Waals surface area contributed by atoms with Crippen molar-refractivity contribution in [3.8, 4) is 0 Å². The highest BCUT2D eigenvalue weighted by molar-refractivity contribution is 5.81. The molecule has 0 aromatic carbocycles. The first-order valence-corrected chi connectivity index (χ1v) is 7.92. The number of hydrogen-bond acceptors (Lipinski definition) is 3. The van der Waals surface area contributed by atoms with Gasteiger partial charge in [-0.25, -0.2) is 0 Å². The first-order valence-electron chi connectivity index (χ1n) is 7.92. The van der Waals surface area contributed by atoms with Gasteiger partial charge in [0.15, 0.2) is 0 Å². The zero-order valence-electron chi connectivity index (χ0n) is 12.5. The standard InChI is InChI=1S/C15H29N3O/c1-12(2)10-18(11-13-6-5-9-16-13)14-7-3-4-8-17-15(14)19/h12-14,16H,3-11H2,1-2H3,(H,17,19). The Balaban J connectivity index is 1.99. The molecule has 2 aliphatic heterocycles. The van der Waals surface area contributed by atoms with E-state index in [1.807, 2.05) is 0 Å². The molecule has 1 amide bonds. The lowest BCUT2D eigenvalue weighted by Crippen LogP contribution is -2.51. The van der Waals surface area contributed by atoms with Gasteiger partial charge in [0.2, 0.25) is 5.91 Å². The molecule has 0 saturated carbocycles. The van der Waals surface area contributed by atoms with Gasteiger partial charge in [-0.1, -0.05) is 13.8 Å². The van der Waals surface area contributed by atoms with Crippen LogP contribution >= 0.6 is 0 Å². The van der Waals surface area contributed by atoms with E-state index >= 15 is 0 Å². The van der Waals surface area contributed by atoms with Crippen molar-refractivity contribution < 1.29 is 4.79 Å². The third-order valence-electron chi connectivity index (χ3n) is 4.16. The van der Waals surface area contributed by atoms with Crippen LogP contribution in [0.2, 0.25) is 0 Å². The summed E-state index contributed by atoms with van der Waals surface area (Å²) in [5, 5.41) is 6.63. The lowest BCUT2D eigenvalue weighted by atomic mass is 10.0. The van der Waals surface area contributed by atoms with Crippen LogP contribution in [0.3, 0.4) is 0 Å². The van der Waals surface area contributed by atoms with Gasteiger partial charge < -0.3 is 10.6 Å². The van der Waals surface area contributed by atoms with Gasteiger partial charge in [-0.2, -0.15) is 0 Å². The molecule has 19 heavy (non-hydrogen) atoms. The molecular weight excluding hydrogens is 238 g/mol. The minimum absolute atomic E-state index is 0.0901. The van der Waals surface area contributed by atoms with Gasteiger partial charge in [0.25, 0.3) is 0 Å². The third-order valence-corrected chi connectivity index (χ3v) is 4.16. The van der Waals surface area contributed by atoms with E-state index in [2.05, 4.69) is 29.4 Å². The smallest absolute Gasteiger partial charge is 0.237 e. The van der Waals surface area contributed by atoms with Gasteiger partial charge >= 0.3 is 0 Å². The van der Waals surface area contributed by atoms with Gasteiger partial charge in [0.1, 0.15) is 0 Å². The van der Waals surface area contributed by atoms with E-state index < -0.39 is 0 Å². The summed E-state index contributed by atoms with van der Waals surface area (Å²) in [7, 11) is 0. The van der Waals surface area contributed by atoms with Crippen LogP contribution in [0.1, 0.15) is 46.0 Å². The summed E-state index contributed by atoms with van der Waals surface area (Å²) in [5.41, 5.74) is 0. The number of nitrogens with one attached hydrogen (secondary N) is 2. The zero-order chi connectivity index (χ0) is 13.7. The summed E-state index contributed by atoms with van der Waals surface area (Å²) >= 11 is 0. The molecule has 0 spiro atoms. The second-order valence-electron chi connectivity index (χ2n) is 6.44. The minimum Gasteiger partial charge on any atom is -0.355 e. The highest BCUT2D eigenvalue weighted by Crippen LogP contribution is 2.17. The first kappa shape index (κ1) is 14.8. The van der Waals surface area contributed by atoms with Crippen LogP contribution in [0.15, 0.2) is 0 Å². The van der Waals surface area contributed by atoms with Crippen LogP contribution in [0.4, 0.5) is 0 Å². The Morgan fingerprint density at radius 1 is 1.21 bits per heavy atom. The van der Waals surface area contributed by atoms with Crippen molar-refractivity contribution in [2.24, 2.45) is 5.92 Å². The minimum atomic E-state index is 0.0901. The quantitative estimate of drug-likeness (QED) is 0.790. The van der Waals surface area contributed by atoms with Crippen LogP contribution in [0.25, 0.3) is 0 Å². The molecule has 0 radical (unpaired) electrons. The van der Waals surface area contributed by atoms with E-state index in [1.165, 1.54) is 12.8 Å². The number of carbonyl (C=O) groups excluding carboxylic acids is 1. The average Bonchev–Trinajstić information content (AvgIpc) is 2.76. The molecule has 0 aromatic rings. The molecule has 4 nitrogen and oxygen atoms in total. The maximum atomic E-state index is 12.2. The molecule has 0 aliphatic carbocycles. The van der Waals surface area contributed by atoms with Crippen molar-refractivity contribution >= 4 is 5.91 Å². The number of hydrogen-bond donors (Lipinski definition) is 2. The van der Waals surface area contributed by atoms with Gasteiger partial charge in [0, 0.05) is 25.7 Å². The van der Waals surface area contributed by atoms with Crippen LogP contribution < -0.4 is 10.6 Å². The maximum Gasteiger partial charge on any atom is 0.237 e. The van der Waals surface area contributed by atoms with Crippen molar-refractivity contribution in [2.45, 2.75) is 58.0 Å². The highest BCUT2D eigenvalue weighted by Gasteiger charge is 2.29. The topological polar surface area (TPSA) is 44.4 Å². The fraction of sp³-hybridized carbons (Fsp3) is 0.933. The molecule has 2 atom stereocenters. The SMILES string of the molecule is CC(C)CN(CC1CCCN1)C1CCCCNC1=O. The molecule has 2 rings (SSSR count). The first-order chi connectivity index (χ1) is 9.16. The third kappa shape index (κ3) is 4.46. The van der Waals surface area contributed by atoms with Crippen molar-refractivity contribution in [2.75, 3.05) is 26.2 Å². The van der Waals surface area contributed by atoms with Crippen LogP contribution in [0.5, 0.6) is 0 Å². The molecule has 2 saturated heterocycles. The predicted molar refractivity (Wildman–Crippen MR) is 78.1 cm³/mol. The Morgan fingerprint density at radius 3 is 2.74 bits per heavy atom. The maximum absolute atomic E-state index is 12.2. The van der Waals surface area contributed by atoms with Gasteiger partial charge in [-0.05, 0) is 44.6 Å². The van der Waals surface area contributed by atoms with E-state index in [9.17, 15) is 4.79 Å². The second kappa shape index (κ2) is 7.25. The Bertz CT molecular complexity index is 287. The monoisotopic (exact) mass is 267 g/mol. The highest BCUT2D eigenvalue weighted by atomic mass is 16.2. The molecule has 0 aromatic heterocycles. The Morgan fingerprint density at radius 2 is 2.05 bits per heavy atom. The summed E-state index contributed by atoms with van der Waals surface area (Å²) in [6.07, 6.45) is 5.83. The molecule has 2 aliphatic rings. The van der Waals surface area contributed by atoms with Crippen molar-refractivity contribution in [1.82, 2.24) is 15.5 Å². The van der Waals surface area contributed by atoms with Crippen LogP contribution in [-0.4, -0.2) is 49.1 Å². The Kier molecular flexibility index (Phi) is 5.64. The van der Waals surface area contributed by atoms with Gasteiger partial charge in [-0.3, -0.25) is 9.69 Å². The van der Waals surface area contributed by atoms with Crippen molar-refractivity contribution in [1.29, 1.82) is 0 Å². The van der Waals surface area contributed by atoms with E-state index in [0.29, 0.717) is 12.0 Å². The summed E-state index contributed by atoms with van der Waals surface area (Å²) in [5.74, 6) is 0.855. The average molecular weight is 267 g/mol. The molecule has 2 heterocycles. The van der Waals surface area contributed by atoms with Gasteiger partial charge in [-0.15, -0.1) is 0 Å². The van der Waals surface area contributed by atoms with E-state index in [1.54, 1.807) is 0 Å². The van der Waals surface area contributed by atoms with E-state index in [4.69, 9.17) is 0 Å². The Hall–Kier alpha value is -0.610. The fourth-order valence-electron chi connectivity index (χ4n) is 3.27. The molecule has 0 bridgehead atoms. The van der Waals surface area contributed by atoms with Crippen LogP contribution in [-0.2, 0) is 4.79 Å². The predicted octanol–water partition coefficient (Wildman–Crippen LogP) is 1.37. The number of amides is 1. The molecule has 2 N–H and O–H groups in total. The molecule has 4 heteroatoms. The zero-order valence-corrected chi connectivity index (χ0v) is 12.5. The summed E-state index contributed by atoms with van der Waals surface area (Å²) in [4.78, 5) is 14.7. The van der Waals surface area contributed by atoms with E-state index in [-0.39, 0.29) is 11.9 Å². The Labute approximate surface area is 117 Å². The van der Waals surface area contributed by atoms with E-state index in [0.717, 1.165) is 45.4 Å². The number of rotatable bonds is 5. The summed E-state index contributed by atoms with van der Waals surface area (Å²) in [6.45, 7) is 8.52. The summed E-state index contributed by atoms with van der Waals surface area (Å²) < 4.78 is 0. The molecular formula is C15H29N3O. The second-order valence-corrected chi connectivity index (χ2v) is 6.44. The fourth-order valence-corrected chi connectivity index (χ4v) is 3.27. The number of carbonyl (C=O) groups is 1. The lowest BCUT2D eigenvalue weighted by molar-refractivity contribution is -0.126. The summed E-state index contributed by atoms with van der Waals surface area (Å²) in [6, 6.07) is 0.669. The van der Waals surface area contributed by atoms with Crippen molar-refractivity contribution in [3.05, 3.63) is 0 Å². The van der Waals surface area contributed by atoms with Gasteiger partial charge in [0.05, 0.1) is 6.04 Å². The normalized spacial score (nSPS) is 28.7. The lowest BCUT2D eigenvalue weighted by Gasteiger charge is -2.33. The molecule has 2 unspecified atom stereocenters. The van der Waals surface area contributed by atoms with Crippen molar-refractivity contribution in [3.63, 3.8) is 0 Å². The largest absolute Gasteiger partial charge is 0.355 e. The van der Waals surface area contributed by atoms with Crippen LogP contribution in [0, 0.1) is 5.92 Å². The number of nitrogens with zero attached hydrogens (tertiary/aromatic N) is 1. The molecule has 2 fully saturated rings.